The van der Waals surface area contributed by atoms with E-state index in [0.29, 0.717) is 48.3 Å². The Morgan fingerprint density at radius 1 is 1.28 bits per heavy atom. The molecule has 1 amide bonds. The molecule has 1 saturated heterocycles. The summed E-state index contributed by atoms with van der Waals surface area (Å²) in [6, 6.07) is 6.54. The summed E-state index contributed by atoms with van der Waals surface area (Å²) in [5.74, 6) is 1.61. The number of carbonyl (C=O) groups excluding carboxylic acids is 1. The number of hydrogen-bond acceptors (Lipinski definition) is 6. The van der Waals surface area contributed by atoms with Gasteiger partial charge in [-0.2, -0.15) is 0 Å². The van der Waals surface area contributed by atoms with Gasteiger partial charge in [0.2, 0.25) is 6.79 Å². The first kappa shape index (κ1) is 15.6. The third kappa shape index (κ3) is 3.08. The molecule has 0 aliphatic carbocycles. The van der Waals surface area contributed by atoms with Crippen molar-refractivity contribution in [1.82, 2.24) is 14.9 Å². The second kappa shape index (κ2) is 6.21. The van der Waals surface area contributed by atoms with Gasteiger partial charge in [-0.1, -0.05) is 0 Å². The highest BCUT2D eigenvalue weighted by atomic mass is 16.7. The highest BCUT2D eigenvalue weighted by Crippen LogP contribution is 2.33. The zero-order valence-electron chi connectivity index (χ0n) is 13.7. The molecule has 0 radical (unpaired) electrons. The highest BCUT2D eigenvalue weighted by molar-refractivity contribution is 5.95. The van der Waals surface area contributed by atoms with E-state index in [4.69, 9.17) is 14.2 Å². The Bertz CT molecular complexity index is 879. The minimum Gasteiger partial charge on any atom is -0.454 e. The number of carbonyl (C=O) groups is 1. The van der Waals surface area contributed by atoms with Crippen molar-refractivity contribution < 1.29 is 19.0 Å². The molecule has 25 heavy (non-hydrogen) atoms. The number of nitrogens with zero attached hydrogens (tertiary/aromatic N) is 2. The monoisotopic (exact) mass is 343 g/mol. The second-order valence-electron chi connectivity index (χ2n) is 5.93. The lowest BCUT2D eigenvalue weighted by Crippen LogP contribution is -2.42. The maximum Gasteiger partial charge on any atom is 0.254 e. The summed E-state index contributed by atoms with van der Waals surface area (Å²) in [6.07, 6.45) is -0.423. The van der Waals surface area contributed by atoms with Crippen molar-refractivity contribution in [2.75, 3.05) is 26.5 Å². The molecule has 2 aliphatic rings. The molecular formula is C17H17N3O5. The van der Waals surface area contributed by atoms with Crippen LogP contribution in [0.5, 0.6) is 11.5 Å². The van der Waals surface area contributed by atoms with Gasteiger partial charge >= 0.3 is 0 Å². The van der Waals surface area contributed by atoms with Gasteiger partial charge in [-0.3, -0.25) is 9.59 Å². The maximum atomic E-state index is 12.8. The molecule has 8 nitrogen and oxygen atoms in total. The number of aromatic nitrogens is 2. The normalized spacial score (nSPS) is 19.1. The molecule has 0 spiro atoms. The Morgan fingerprint density at radius 3 is 2.96 bits per heavy atom. The molecule has 1 unspecified atom stereocenters. The first-order valence-electron chi connectivity index (χ1n) is 7.98. The lowest BCUT2D eigenvalue weighted by atomic mass is 10.1. The molecule has 1 aromatic carbocycles. The number of fused-ring (bicyclic) bond motifs is 1. The van der Waals surface area contributed by atoms with E-state index in [-0.39, 0.29) is 18.3 Å². The van der Waals surface area contributed by atoms with Crippen LogP contribution in [-0.4, -0.2) is 47.3 Å². The average Bonchev–Trinajstić information content (AvgIpc) is 3.08. The van der Waals surface area contributed by atoms with Crippen molar-refractivity contribution in [3.05, 3.63) is 51.7 Å². The van der Waals surface area contributed by atoms with Gasteiger partial charge in [-0.05, 0) is 25.1 Å². The predicted octanol–water partition coefficient (Wildman–Crippen LogP) is 1.02. The molecule has 1 atom stereocenters. The predicted molar refractivity (Wildman–Crippen MR) is 86.8 cm³/mol. The van der Waals surface area contributed by atoms with Crippen molar-refractivity contribution >= 4 is 5.91 Å². The van der Waals surface area contributed by atoms with Crippen LogP contribution in [0, 0.1) is 6.92 Å². The van der Waals surface area contributed by atoms with E-state index in [0.717, 1.165) is 0 Å². The Labute approximate surface area is 143 Å². The summed E-state index contributed by atoms with van der Waals surface area (Å²) in [5, 5.41) is 0. The Kier molecular flexibility index (Phi) is 3.89. The number of morpholine rings is 1. The van der Waals surface area contributed by atoms with Gasteiger partial charge in [0.25, 0.3) is 11.5 Å². The highest BCUT2D eigenvalue weighted by Gasteiger charge is 2.28. The molecule has 0 saturated carbocycles. The van der Waals surface area contributed by atoms with Crippen LogP contribution in [0.1, 0.15) is 28.0 Å². The summed E-state index contributed by atoms with van der Waals surface area (Å²) in [7, 11) is 0. The van der Waals surface area contributed by atoms with E-state index in [1.165, 1.54) is 6.07 Å². The molecule has 8 heteroatoms. The minimum absolute atomic E-state index is 0.117. The minimum atomic E-state index is -0.423. The fourth-order valence-corrected chi connectivity index (χ4v) is 2.99. The number of benzene rings is 1. The Hall–Kier alpha value is -2.87. The van der Waals surface area contributed by atoms with Gasteiger partial charge in [0.1, 0.15) is 11.9 Å². The summed E-state index contributed by atoms with van der Waals surface area (Å²) in [4.78, 5) is 33.1. The third-order valence-electron chi connectivity index (χ3n) is 4.18. The van der Waals surface area contributed by atoms with Crippen molar-refractivity contribution in [2.45, 2.75) is 13.0 Å². The fourth-order valence-electron chi connectivity index (χ4n) is 2.99. The van der Waals surface area contributed by atoms with Crippen LogP contribution < -0.4 is 15.0 Å². The number of hydrogen-bond donors (Lipinski definition) is 1. The molecule has 4 rings (SSSR count). The molecule has 130 valence electrons. The van der Waals surface area contributed by atoms with Crippen LogP contribution in [0.4, 0.5) is 0 Å². The number of ether oxygens (including phenoxy) is 3. The van der Waals surface area contributed by atoms with Gasteiger partial charge in [0.15, 0.2) is 11.5 Å². The average molecular weight is 343 g/mol. The van der Waals surface area contributed by atoms with Crippen LogP contribution in [0.2, 0.25) is 0 Å². The molecule has 2 aromatic rings. The van der Waals surface area contributed by atoms with Gasteiger partial charge in [0.05, 0.1) is 18.8 Å². The largest absolute Gasteiger partial charge is 0.454 e. The number of aromatic amines is 1. The Balaban J connectivity index is 1.54. The molecule has 1 N–H and O–H groups in total. The smallest absolute Gasteiger partial charge is 0.254 e. The molecule has 1 aromatic heterocycles. The first-order valence-corrected chi connectivity index (χ1v) is 7.98. The van der Waals surface area contributed by atoms with Crippen LogP contribution in [0.3, 0.4) is 0 Å². The number of aryl methyl sites for hydroxylation is 1. The Morgan fingerprint density at radius 2 is 2.12 bits per heavy atom. The maximum absolute atomic E-state index is 12.8. The number of H-pyrrole nitrogens is 1. The van der Waals surface area contributed by atoms with Crippen LogP contribution >= 0.6 is 0 Å². The van der Waals surface area contributed by atoms with Gasteiger partial charge < -0.3 is 24.1 Å². The van der Waals surface area contributed by atoms with Crippen molar-refractivity contribution in [3.8, 4) is 11.5 Å². The molecule has 2 aliphatic heterocycles. The van der Waals surface area contributed by atoms with Crippen molar-refractivity contribution in [1.29, 1.82) is 0 Å². The van der Waals surface area contributed by atoms with Crippen molar-refractivity contribution in [2.24, 2.45) is 0 Å². The fraction of sp³-hybridized carbons (Fsp3) is 0.353. The van der Waals surface area contributed by atoms with Gasteiger partial charge in [-0.15, -0.1) is 0 Å². The van der Waals surface area contributed by atoms with E-state index in [2.05, 4.69) is 9.97 Å². The van der Waals surface area contributed by atoms with E-state index >= 15 is 0 Å². The molecular weight excluding hydrogens is 326 g/mol. The van der Waals surface area contributed by atoms with E-state index in [9.17, 15) is 9.59 Å². The lowest BCUT2D eigenvalue weighted by molar-refractivity contribution is -0.0249. The van der Waals surface area contributed by atoms with E-state index in [1.54, 1.807) is 30.0 Å². The van der Waals surface area contributed by atoms with Gasteiger partial charge in [0, 0.05) is 18.2 Å². The SMILES string of the molecule is Cc1nc(C2CN(C(=O)c3ccc4c(c3)OCO4)CCO2)cc(=O)[nH]1. The van der Waals surface area contributed by atoms with E-state index < -0.39 is 6.10 Å². The van der Waals surface area contributed by atoms with Crippen molar-refractivity contribution in [3.63, 3.8) is 0 Å². The quantitative estimate of drug-likeness (QED) is 0.875. The topological polar surface area (TPSA) is 93.8 Å². The molecule has 0 bridgehead atoms. The summed E-state index contributed by atoms with van der Waals surface area (Å²) >= 11 is 0. The standard InChI is InChI=1S/C17H17N3O5/c1-10-18-12(7-16(21)19-10)15-8-20(4-5-23-15)17(22)11-2-3-13-14(6-11)25-9-24-13/h2-3,6-7,15H,4-5,8-9H2,1H3,(H,18,19,21). The lowest BCUT2D eigenvalue weighted by Gasteiger charge is -2.32. The van der Waals surface area contributed by atoms with Gasteiger partial charge in [-0.25, -0.2) is 4.98 Å². The number of nitrogens with one attached hydrogen (secondary N) is 1. The zero-order valence-corrected chi connectivity index (χ0v) is 13.7. The number of amides is 1. The van der Waals surface area contributed by atoms with Crippen LogP contribution in [0.15, 0.2) is 29.1 Å². The van der Waals surface area contributed by atoms with Crippen LogP contribution in [0.25, 0.3) is 0 Å². The summed E-state index contributed by atoms with van der Waals surface area (Å²) in [6.45, 7) is 3.08. The van der Waals surface area contributed by atoms with E-state index in [1.807, 2.05) is 0 Å². The molecule has 1 fully saturated rings. The third-order valence-corrected chi connectivity index (χ3v) is 4.18. The first-order chi connectivity index (χ1) is 12.1. The summed E-state index contributed by atoms with van der Waals surface area (Å²) in [5.41, 5.74) is 0.828. The zero-order chi connectivity index (χ0) is 17.4. The number of rotatable bonds is 2. The summed E-state index contributed by atoms with van der Waals surface area (Å²) < 4.78 is 16.3. The molecule has 3 heterocycles. The second-order valence-corrected chi connectivity index (χ2v) is 5.93. The van der Waals surface area contributed by atoms with Crippen LogP contribution in [-0.2, 0) is 4.74 Å².